The predicted octanol–water partition coefficient (Wildman–Crippen LogP) is 5.90. The minimum Gasteiger partial charge on any atom is -0.325 e. The molecule has 2 amide bonds. The van der Waals surface area contributed by atoms with Crippen LogP contribution in [-0.4, -0.2) is 23.8 Å². The lowest BCUT2D eigenvalue weighted by Crippen LogP contribution is -2.31. The summed E-state index contributed by atoms with van der Waals surface area (Å²) >= 11 is 5.47. The Morgan fingerprint density at radius 1 is 1.27 bits per heavy atom. The number of hydrogen-bond acceptors (Lipinski definition) is 5. The molecule has 172 valence electrons. The number of carbonyl (C=O) groups is 2. The number of nitriles is 1. The minimum atomic E-state index is -4.65. The number of nitrogens with zero attached hydrogens (tertiary/aromatic N) is 1. The molecule has 1 heterocycles. The fourth-order valence-electron chi connectivity index (χ4n) is 3.24. The summed E-state index contributed by atoms with van der Waals surface area (Å²) in [7, 11) is 0. The molecule has 33 heavy (non-hydrogen) atoms. The zero-order valence-corrected chi connectivity index (χ0v) is 20.3. The number of thioether (sulfide) groups is 2. The Kier molecular flexibility index (Phi) is 8.15. The van der Waals surface area contributed by atoms with Gasteiger partial charge in [0.15, 0.2) is 0 Å². The Labute approximate surface area is 205 Å². The van der Waals surface area contributed by atoms with Crippen LogP contribution < -0.4 is 10.6 Å². The van der Waals surface area contributed by atoms with Crippen LogP contribution in [-0.2, 0) is 15.8 Å². The van der Waals surface area contributed by atoms with Gasteiger partial charge in [-0.3, -0.25) is 9.59 Å². The van der Waals surface area contributed by atoms with E-state index in [1.54, 1.807) is 11.8 Å². The molecule has 0 saturated carbocycles. The fraction of sp³-hybridized carbons (Fsp3) is 0.227. The van der Waals surface area contributed by atoms with E-state index >= 15 is 0 Å². The average Bonchev–Trinajstić information content (AvgIpc) is 2.78. The lowest BCUT2D eigenvalue weighted by Gasteiger charge is -2.25. The summed E-state index contributed by atoms with van der Waals surface area (Å²) in [4.78, 5) is 25.7. The molecular weight excluding hydrogens is 539 g/mol. The maximum atomic E-state index is 13.3. The van der Waals surface area contributed by atoms with Gasteiger partial charge in [-0.05, 0) is 42.2 Å². The molecule has 2 N–H and O–H groups in total. The zero-order valence-electron chi connectivity index (χ0n) is 17.1. The number of halogens is 4. The van der Waals surface area contributed by atoms with Gasteiger partial charge in [-0.2, -0.15) is 18.4 Å². The van der Waals surface area contributed by atoms with Crippen LogP contribution in [0, 0.1) is 11.3 Å². The standard InChI is InChI=1S/C22H17BrF3N3O2S2/c1-32-14-5-2-12(3-6-14)15-9-19(30)29-21(16(15)10-27)33-11-20(31)28-18-7-4-13(23)8-17(18)22(24,25)26/h2-8,15H,9,11H2,1H3,(H,28,31)(H,29,30)/t15-/m1/s1. The van der Waals surface area contributed by atoms with Crippen molar-refractivity contribution < 1.29 is 22.8 Å². The Balaban J connectivity index is 1.78. The molecule has 0 radical (unpaired) electrons. The summed E-state index contributed by atoms with van der Waals surface area (Å²) in [5.74, 6) is -1.75. The van der Waals surface area contributed by atoms with Crippen molar-refractivity contribution in [3.8, 4) is 6.07 Å². The number of rotatable bonds is 6. The minimum absolute atomic E-state index is 0.0889. The number of allylic oxidation sites excluding steroid dienone is 1. The van der Waals surface area contributed by atoms with Gasteiger partial charge in [0.1, 0.15) is 0 Å². The van der Waals surface area contributed by atoms with Crippen molar-refractivity contribution >= 4 is 57.0 Å². The first kappa shape index (κ1) is 25.2. The highest BCUT2D eigenvalue weighted by atomic mass is 79.9. The lowest BCUT2D eigenvalue weighted by atomic mass is 9.87. The molecule has 0 saturated heterocycles. The summed E-state index contributed by atoms with van der Waals surface area (Å²) in [6, 6.07) is 13.1. The van der Waals surface area contributed by atoms with Crippen LogP contribution >= 0.6 is 39.5 Å². The number of nitrogens with one attached hydrogen (secondary N) is 2. The first-order valence-corrected chi connectivity index (χ1v) is 12.5. The summed E-state index contributed by atoms with van der Waals surface area (Å²) in [5.41, 5.74) is -0.243. The van der Waals surface area contributed by atoms with Gasteiger partial charge in [-0.15, -0.1) is 11.8 Å². The van der Waals surface area contributed by atoms with Crippen molar-refractivity contribution in [3.63, 3.8) is 0 Å². The SMILES string of the molecule is CSc1ccc([C@H]2CC(=O)NC(SCC(=O)Nc3ccc(Br)cc3C(F)(F)F)=C2C#N)cc1. The second-order valence-corrected chi connectivity index (χ2v) is 9.74. The van der Waals surface area contributed by atoms with E-state index < -0.39 is 23.6 Å². The van der Waals surface area contributed by atoms with Crippen molar-refractivity contribution in [2.75, 3.05) is 17.3 Å². The molecule has 2 aromatic carbocycles. The average molecular weight is 556 g/mol. The van der Waals surface area contributed by atoms with Gasteiger partial charge in [-0.1, -0.05) is 39.8 Å². The monoisotopic (exact) mass is 555 g/mol. The highest BCUT2D eigenvalue weighted by molar-refractivity contribution is 9.10. The number of amides is 2. The number of hydrogen-bond donors (Lipinski definition) is 2. The van der Waals surface area contributed by atoms with Crippen LogP contribution in [0.5, 0.6) is 0 Å². The molecule has 1 aliphatic rings. The normalized spacial score (nSPS) is 16.2. The molecule has 0 spiro atoms. The number of carbonyl (C=O) groups excluding carboxylic acids is 2. The fourth-order valence-corrected chi connectivity index (χ4v) is 4.88. The highest BCUT2D eigenvalue weighted by Crippen LogP contribution is 2.38. The Bertz CT molecular complexity index is 1150. The van der Waals surface area contributed by atoms with Crippen LogP contribution in [0.1, 0.15) is 23.5 Å². The maximum Gasteiger partial charge on any atom is 0.418 e. The molecule has 5 nitrogen and oxygen atoms in total. The second-order valence-electron chi connectivity index (χ2n) is 6.96. The van der Waals surface area contributed by atoms with E-state index in [1.807, 2.05) is 30.5 Å². The van der Waals surface area contributed by atoms with Crippen molar-refractivity contribution in [2.45, 2.75) is 23.4 Å². The van der Waals surface area contributed by atoms with Crippen molar-refractivity contribution in [2.24, 2.45) is 0 Å². The van der Waals surface area contributed by atoms with Gasteiger partial charge in [0.2, 0.25) is 11.8 Å². The Morgan fingerprint density at radius 3 is 2.58 bits per heavy atom. The predicted molar refractivity (Wildman–Crippen MR) is 127 cm³/mol. The molecule has 2 aromatic rings. The van der Waals surface area contributed by atoms with Crippen LogP contribution in [0.4, 0.5) is 18.9 Å². The molecule has 0 aliphatic carbocycles. The van der Waals surface area contributed by atoms with E-state index in [4.69, 9.17) is 0 Å². The van der Waals surface area contributed by atoms with Gasteiger partial charge in [-0.25, -0.2) is 0 Å². The number of benzene rings is 2. The molecule has 3 rings (SSSR count). The van der Waals surface area contributed by atoms with Crippen molar-refractivity contribution in [1.82, 2.24) is 5.32 Å². The summed E-state index contributed by atoms with van der Waals surface area (Å²) in [5, 5.41) is 14.8. The van der Waals surface area contributed by atoms with Gasteiger partial charge < -0.3 is 10.6 Å². The summed E-state index contributed by atoms with van der Waals surface area (Å²) < 4.78 is 40.1. The van der Waals surface area contributed by atoms with Gasteiger partial charge in [0.05, 0.1) is 33.7 Å². The molecule has 0 aromatic heterocycles. The molecule has 0 unspecified atom stereocenters. The second kappa shape index (κ2) is 10.7. The Hall–Kier alpha value is -2.42. The summed E-state index contributed by atoms with van der Waals surface area (Å²) in [6.07, 6.45) is -2.62. The van der Waals surface area contributed by atoms with Crippen LogP contribution in [0.3, 0.4) is 0 Å². The van der Waals surface area contributed by atoms with Gasteiger partial charge in [0, 0.05) is 21.7 Å². The number of alkyl halides is 3. The van der Waals surface area contributed by atoms with E-state index in [2.05, 4.69) is 32.6 Å². The smallest absolute Gasteiger partial charge is 0.325 e. The summed E-state index contributed by atoms with van der Waals surface area (Å²) in [6.45, 7) is 0. The van der Waals surface area contributed by atoms with Crippen LogP contribution in [0.2, 0.25) is 0 Å². The molecule has 1 aliphatic heterocycles. The van der Waals surface area contributed by atoms with Crippen molar-refractivity contribution in [1.29, 1.82) is 5.26 Å². The first-order chi connectivity index (χ1) is 15.6. The van der Waals surface area contributed by atoms with E-state index in [9.17, 15) is 28.0 Å². The highest BCUT2D eigenvalue weighted by Gasteiger charge is 2.34. The van der Waals surface area contributed by atoms with E-state index in [-0.39, 0.29) is 33.3 Å². The third-order valence-electron chi connectivity index (χ3n) is 4.78. The number of anilines is 1. The largest absolute Gasteiger partial charge is 0.418 e. The van der Waals surface area contributed by atoms with E-state index in [0.717, 1.165) is 34.4 Å². The maximum absolute atomic E-state index is 13.3. The molecule has 0 fully saturated rings. The van der Waals surface area contributed by atoms with Gasteiger partial charge in [0.25, 0.3) is 0 Å². The first-order valence-electron chi connectivity index (χ1n) is 9.50. The third kappa shape index (κ3) is 6.34. The molecular formula is C22H17BrF3N3O2S2. The van der Waals surface area contributed by atoms with Crippen molar-refractivity contribution in [3.05, 3.63) is 68.7 Å². The van der Waals surface area contributed by atoms with Crippen LogP contribution in [0.15, 0.2) is 62.4 Å². The lowest BCUT2D eigenvalue weighted by molar-refractivity contribution is -0.137. The molecule has 1 atom stereocenters. The third-order valence-corrected chi connectivity index (χ3v) is 7.04. The van der Waals surface area contributed by atoms with E-state index in [0.29, 0.717) is 5.57 Å². The Morgan fingerprint density at radius 2 is 1.97 bits per heavy atom. The quantitative estimate of drug-likeness (QED) is 0.433. The molecule has 0 bridgehead atoms. The van der Waals surface area contributed by atoms with Crippen LogP contribution in [0.25, 0.3) is 0 Å². The van der Waals surface area contributed by atoms with E-state index in [1.165, 1.54) is 6.07 Å². The zero-order chi connectivity index (χ0) is 24.2. The molecule has 11 heteroatoms. The van der Waals surface area contributed by atoms with Gasteiger partial charge >= 0.3 is 6.18 Å². The topological polar surface area (TPSA) is 82.0 Å².